The predicted molar refractivity (Wildman–Crippen MR) is 72.4 cm³/mol. The monoisotopic (exact) mass is 217 g/mol. The minimum Gasteiger partial charge on any atom is -0.310 e. The Hall–Kier alpha value is -1.08. The van der Waals surface area contributed by atoms with Crippen LogP contribution in [0.4, 0.5) is 0 Å². The quantitative estimate of drug-likeness (QED) is 0.765. The van der Waals surface area contributed by atoms with E-state index < -0.39 is 0 Å². The average Bonchev–Trinajstić information content (AvgIpc) is 2.26. The molecule has 0 fully saturated rings. The van der Waals surface area contributed by atoms with Gasteiger partial charge in [0.05, 0.1) is 0 Å². The van der Waals surface area contributed by atoms with E-state index >= 15 is 0 Å². The van der Waals surface area contributed by atoms with Crippen LogP contribution in [0.15, 0.2) is 36.9 Å². The van der Waals surface area contributed by atoms with Crippen LogP contribution in [0, 0.1) is 5.92 Å². The van der Waals surface area contributed by atoms with Crippen molar-refractivity contribution in [3.63, 3.8) is 0 Å². The summed E-state index contributed by atoms with van der Waals surface area (Å²) in [7, 11) is 0. The molecule has 0 aromatic heterocycles. The molecule has 88 valence electrons. The van der Waals surface area contributed by atoms with Gasteiger partial charge in [0, 0.05) is 12.6 Å². The van der Waals surface area contributed by atoms with Gasteiger partial charge in [0.2, 0.25) is 0 Å². The Labute approximate surface area is 99.6 Å². The second-order valence-corrected chi connectivity index (χ2v) is 4.88. The fraction of sp³-hybridized carbons (Fsp3) is 0.467. The molecular weight excluding hydrogens is 194 g/mol. The average molecular weight is 217 g/mol. The van der Waals surface area contributed by atoms with Crippen molar-refractivity contribution in [3.05, 3.63) is 42.5 Å². The van der Waals surface area contributed by atoms with Crippen molar-refractivity contribution < 1.29 is 0 Å². The van der Waals surface area contributed by atoms with Crippen molar-refractivity contribution in [1.82, 2.24) is 5.32 Å². The summed E-state index contributed by atoms with van der Waals surface area (Å²) in [4.78, 5) is 0. The number of nitrogens with one attached hydrogen (secondary N) is 1. The lowest BCUT2D eigenvalue weighted by atomic mass is 10.0. The Morgan fingerprint density at radius 3 is 2.38 bits per heavy atom. The third-order valence-corrected chi connectivity index (χ3v) is 2.67. The van der Waals surface area contributed by atoms with Gasteiger partial charge in [-0.3, -0.25) is 0 Å². The van der Waals surface area contributed by atoms with Gasteiger partial charge in [-0.15, -0.1) is 0 Å². The Morgan fingerprint density at radius 2 is 1.81 bits per heavy atom. The lowest BCUT2D eigenvalue weighted by Gasteiger charge is -2.16. The van der Waals surface area contributed by atoms with Crippen LogP contribution < -0.4 is 5.32 Å². The lowest BCUT2D eigenvalue weighted by molar-refractivity contribution is 0.459. The normalized spacial score (nSPS) is 12.8. The third-order valence-electron chi connectivity index (χ3n) is 2.67. The molecule has 0 radical (unpaired) electrons. The van der Waals surface area contributed by atoms with E-state index in [1.54, 1.807) is 0 Å². The highest BCUT2D eigenvalue weighted by Crippen LogP contribution is 2.11. The van der Waals surface area contributed by atoms with Gasteiger partial charge >= 0.3 is 0 Å². The molecule has 16 heavy (non-hydrogen) atoms. The first-order chi connectivity index (χ1) is 7.59. The van der Waals surface area contributed by atoms with Gasteiger partial charge in [0.1, 0.15) is 0 Å². The van der Waals surface area contributed by atoms with Crippen LogP contribution in [0.5, 0.6) is 0 Å². The molecular formula is C15H23N. The van der Waals surface area contributed by atoms with E-state index in [0.29, 0.717) is 6.04 Å². The van der Waals surface area contributed by atoms with Gasteiger partial charge in [0.15, 0.2) is 0 Å². The topological polar surface area (TPSA) is 12.0 Å². The maximum absolute atomic E-state index is 4.11. The standard InChI is InChI=1S/C15H23N/c1-12(2)10-14(4)16-11-13(3)15-8-6-5-7-9-15/h5-9,12,14,16H,3,10-11H2,1-2,4H3. The van der Waals surface area contributed by atoms with Crippen molar-refractivity contribution >= 4 is 5.57 Å². The van der Waals surface area contributed by atoms with E-state index in [-0.39, 0.29) is 0 Å². The summed E-state index contributed by atoms with van der Waals surface area (Å²) in [5, 5.41) is 3.51. The lowest BCUT2D eigenvalue weighted by Crippen LogP contribution is -2.28. The van der Waals surface area contributed by atoms with Gasteiger partial charge in [0.25, 0.3) is 0 Å². The molecule has 0 bridgehead atoms. The molecule has 1 atom stereocenters. The van der Waals surface area contributed by atoms with Gasteiger partial charge in [-0.25, -0.2) is 0 Å². The molecule has 0 heterocycles. The minimum absolute atomic E-state index is 0.556. The summed E-state index contributed by atoms with van der Waals surface area (Å²) < 4.78 is 0. The highest BCUT2D eigenvalue weighted by Gasteiger charge is 2.05. The highest BCUT2D eigenvalue weighted by atomic mass is 14.9. The number of rotatable bonds is 6. The number of benzene rings is 1. The van der Waals surface area contributed by atoms with Crippen LogP contribution in [0.1, 0.15) is 32.8 Å². The molecule has 0 saturated carbocycles. The third kappa shape index (κ3) is 4.63. The van der Waals surface area contributed by atoms with Crippen LogP contribution in [0.3, 0.4) is 0 Å². The maximum Gasteiger partial charge on any atom is 0.0208 e. The molecule has 0 amide bonds. The van der Waals surface area contributed by atoms with E-state index in [0.717, 1.165) is 18.0 Å². The van der Waals surface area contributed by atoms with Crippen molar-refractivity contribution in [3.8, 4) is 0 Å². The van der Waals surface area contributed by atoms with Crippen molar-refractivity contribution in [2.75, 3.05) is 6.54 Å². The first-order valence-corrected chi connectivity index (χ1v) is 6.06. The smallest absolute Gasteiger partial charge is 0.0208 e. The molecule has 1 unspecified atom stereocenters. The SMILES string of the molecule is C=C(CNC(C)CC(C)C)c1ccccc1. The fourth-order valence-corrected chi connectivity index (χ4v) is 1.86. The summed E-state index contributed by atoms with van der Waals surface area (Å²) in [6.07, 6.45) is 1.21. The predicted octanol–water partition coefficient (Wildman–Crippen LogP) is 3.72. The van der Waals surface area contributed by atoms with E-state index in [9.17, 15) is 0 Å². The summed E-state index contributed by atoms with van der Waals surface area (Å²) in [5.41, 5.74) is 2.39. The Balaban J connectivity index is 2.36. The van der Waals surface area contributed by atoms with Crippen LogP contribution in [0.2, 0.25) is 0 Å². The van der Waals surface area contributed by atoms with Crippen molar-refractivity contribution in [2.45, 2.75) is 33.2 Å². The molecule has 1 heteroatoms. The summed E-state index contributed by atoms with van der Waals surface area (Å²) >= 11 is 0. The molecule has 1 aromatic carbocycles. The van der Waals surface area contributed by atoms with E-state index in [4.69, 9.17) is 0 Å². The maximum atomic E-state index is 4.11. The molecule has 0 aliphatic carbocycles. The molecule has 1 aromatic rings. The van der Waals surface area contributed by atoms with Gasteiger partial charge in [-0.05, 0) is 30.4 Å². The largest absolute Gasteiger partial charge is 0.310 e. The van der Waals surface area contributed by atoms with Crippen molar-refractivity contribution in [1.29, 1.82) is 0 Å². The van der Waals surface area contributed by atoms with Crippen molar-refractivity contribution in [2.24, 2.45) is 5.92 Å². The molecule has 0 spiro atoms. The molecule has 0 saturated heterocycles. The second kappa shape index (κ2) is 6.49. The highest BCUT2D eigenvalue weighted by molar-refractivity contribution is 5.64. The summed E-state index contributed by atoms with van der Waals surface area (Å²) in [5.74, 6) is 0.743. The molecule has 0 aliphatic heterocycles. The van der Waals surface area contributed by atoms with Gasteiger partial charge in [-0.2, -0.15) is 0 Å². The minimum atomic E-state index is 0.556. The summed E-state index contributed by atoms with van der Waals surface area (Å²) in [6.45, 7) is 11.7. The molecule has 1 rings (SSSR count). The summed E-state index contributed by atoms with van der Waals surface area (Å²) in [6, 6.07) is 10.9. The van der Waals surface area contributed by atoms with E-state index in [1.807, 2.05) is 6.07 Å². The Morgan fingerprint density at radius 1 is 1.19 bits per heavy atom. The Kier molecular flexibility index (Phi) is 5.27. The van der Waals surface area contributed by atoms with Crippen LogP contribution in [-0.4, -0.2) is 12.6 Å². The zero-order chi connectivity index (χ0) is 12.0. The second-order valence-electron chi connectivity index (χ2n) is 4.88. The first-order valence-electron chi connectivity index (χ1n) is 6.06. The number of hydrogen-bond donors (Lipinski definition) is 1. The van der Waals surface area contributed by atoms with Crippen LogP contribution in [0.25, 0.3) is 5.57 Å². The zero-order valence-electron chi connectivity index (χ0n) is 10.7. The fourth-order valence-electron chi connectivity index (χ4n) is 1.86. The van der Waals surface area contributed by atoms with Crippen LogP contribution >= 0.6 is 0 Å². The van der Waals surface area contributed by atoms with E-state index in [1.165, 1.54) is 12.0 Å². The molecule has 0 aliphatic rings. The Bertz CT molecular complexity index is 313. The first kappa shape index (κ1) is 13.0. The van der Waals surface area contributed by atoms with Gasteiger partial charge in [-0.1, -0.05) is 50.8 Å². The molecule has 1 N–H and O–H groups in total. The van der Waals surface area contributed by atoms with Gasteiger partial charge < -0.3 is 5.32 Å². The zero-order valence-corrected chi connectivity index (χ0v) is 10.7. The molecule has 1 nitrogen and oxygen atoms in total. The number of hydrogen-bond acceptors (Lipinski definition) is 1. The van der Waals surface area contributed by atoms with E-state index in [2.05, 4.69) is 56.9 Å². The van der Waals surface area contributed by atoms with Crippen LogP contribution in [-0.2, 0) is 0 Å².